The molecular formula is C13H12F2N2O2S. The van der Waals surface area contributed by atoms with E-state index in [1.54, 1.807) is 19.2 Å². The van der Waals surface area contributed by atoms with Gasteiger partial charge in [0.25, 0.3) is 10.0 Å². The van der Waals surface area contributed by atoms with E-state index in [-0.39, 0.29) is 10.6 Å². The monoisotopic (exact) mass is 298 g/mol. The van der Waals surface area contributed by atoms with E-state index in [1.807, 2.05) is 0 Å². The molecule has 0 unspecified atom stereocenters. The summed E-state index contributed by atoms with van der Waals surface area (Å²) in [5.41, 5.74) is 0.445. The first-order chi connectivity index (χ1) is 9.42. The Morgan fingerprint density at radius 1 is 1.00 bits per heavy atom. The van der Waals surface area contributed by atoms with Crippen LogP contribution in [0.3, 0.4) is 0 Å². The van der Waals surface area contributed by atoms with Crippen molar-refractivity contribution in [2.75, 3.05) is 17.1 Å². The maximum absolute atomic E-state index is 13.4. The van der Waals surface area contributed by atoms with E-state index in [0.717, 1.165) is 17.8 Å². The minimum atomic E-state index is -3.91. The summed E-state index contributed by atoms with van der Waals surface area (Å²) in [5, 5.41) is 2.85. The zero-order valence-electron chi connectivity index (χ0n) is 10.5. The predicted molar refractivity (Wildman–Crippen MR) is 73.2 cm³/mol. The van der Waals surface area contributed by atoms with Gasteiger partial charge in [-0.3, -0.25) is 4.72 Å². The molecule has 0 radical (unpaired) electrons. The third-order valence-electron chi connectivity index (χ3n) is 2.63. The standard InChI is InChI=1S/C13H12F2N2O2S/c1-16-10-3-5-11(6-4-10)20(18,19)17-13-7-2-9(14)8-12(13)15/h2-8,16-17H,1H3. The molecular weight excluding hydrogens is 286 g/mol. The van der Waals surface area contributed by atoms with Gasteiger partial charge in [0.2, 0.25) is 0 Å². The molecule has 0 aliphatic rings. The van der Waals surface area contributed by atoms with Crippen LogP contribution >= 0.6 is 0 Å². The number of halogens is 2. The van der Waals surface area contributed by atoms with Crippen molar-refractivity contribution in [2.45, 2.75) is 4.90 Å². The van der Waals surface area contributed by atoms with Crippen LogP contribution in [0.1, 0.15) is 0 Å². The second kappa shape index (κ2) is 5.46. The molecule has 2 rings (SSSR count). The van der Waals surface area contributed by atoms with Gasteiger partial charge in [0.05, 0.1) is 10.6 Å². The second-order valence-electron chi connectivity index (χ2n) is 4.00. The van der Waals surface area contributed by atoms with Crippen molar-refractivity contribution in [3.05, 3.63) is 54.1 Å². The van der Waals surface area contributed by atoms with Gasteiger partial charge in [-0.05, 0) is 36.4 Å². The Labute approximate surface area is 115 Å². The molecule has 2 aromatic carbocycles. The van der Waals surface area contributed by atoms with Gasteiger partial charge >= 0.3 is 0 Å². The fourth-order valence-corrected chi connectivity index (χ4v) is 2.64. The minimum Gasteiger partial charge on any atom is -0.388 e. The first-order valence-electron chi connectivity index (χ1n) is 5.68. The van der Waals surface area contributed by atoms with Crippen LogP contribution in [-0.2, 0) is 10.0 Å². The van der Waals surface area contributed by atoms with Gasteiger partial charge in [0, 0.05) is 18.8 Å². The Balaban J connectivity index is 2.30. The highest BCUT2D eigenvalue weighted by molar-refractivity contribution is 7.92. The molecule has 0 fully saturated rings. The van der Waals surface area contributed by atoms with Crippen LogP contribution in [0.2, 0.25) is 0 Å². The molecule has 20 heavy (non-hydrogen) atoms. The highest BCUT2D eigenvalue weighted by atomic mass is 32.2. The summed E-state index contributed by atoms with van der Waals surface area (Å²) >= 11 is 0. The largest absolute Gasteiger partial charge is 0.388 e. The molecule has 0 saturated carbocycles. The van der Waals surface area contributed by atoms with Gasteiger partial charge in [0.15, 0.2) is 0 Å². The van der Waals surface area contributed by atoms with Gasteiger partial charge < -0.3 is 5.32 Å². The fourth-order valence-electron chi connectivity index (χ4n) is 1.58. The van der Waals surface area contributed by atoms with E-state index in [2.05, 4.69) is 10.0 Å². The Kier molecular flexibility index (Phi) is 3.89. The number of nitrogens with one attached hydrogen (secondary N) is 2. The molecule has 0 heterocycles. The lowest BCUT2D eigenvalue weighted by Crippen LogP contribution is -2.14. The Bertz CT molecular complexity index is 716. The molecule has 0 aliphatic carbocycles. The van der Waals surface area contributed by atoms with Crippen molar-refractivity contribution >= 4 is 21.4 Å². The molecule has 7 heteroatoms. The van der Waals surface area contributed by atoms with Crippen molar-refractivity contribution in [1.29, 1.82) is 0 Å². The normalized spacial score (nSPS) is 11.2. The highest BCUT2D eigenvalue weighted by Gasteiger charge is 2.16. The van der Waals surface area contributed by atoms with Gasteiger partial charge in [-0.25, -0.2) is 17.2 Å². The van der Waals surface area contributed by atoms with E-state index in [1.165, 1.54) is 12.1 Å². The maximum atomic E-state index is 13.4. The molecule has 0 saturated heterocycles. The predicted octanol–water partition coefficient (Wildman–Crippen LogP) is 2.81. The lowest BCUT2D eigenvalue weighted by Gasteiger charge is -2.09. The van der Waals surface area contributed by atoms with Crippen LogP contribution in [0, 0.1) is 11.6 Å². The first kappa shape index (κ1) is 14.3. The van der Waals surface area contributed by atoms with Crippen LogP contribution in [0.5, 0.6) is 0 Å². The van der Waals surface area contributed by atoms with Crippen molar-refractivity contribution in [1.82, 2.24) is 0 Å². The van der Waals surface area contributed by atoms with E-state index < -0.39 is 21.7 Å². The third kappa shape index (κ3) is 3.05. The van der Waals surface area contributed by atoms with E-state index in [4.69, 9.17) is 0 Å². The van der Waals surface area contributed by atoms with Crippen molar-refractivity contribution in [3.8, 4) is 0 Å². The average molecular weight is 298 g/mol. The summed E-state index contributed by atoms with van der Waals surface area (Å²) in [4.78, 5) is -0.0137. The second-order valence-corrected chi connectivity index (χ2v) is 5.69. The third-order valence-corrected chi connectivity index (χ3v) is 4.01. The van der Waals surface area contributed by atoms with Crippen molar-refractivity contribution in [2.24, 2.45) is 0 Å². The topological polar surface area (TPSA) is 58.2 Å². The summed E-state index contributed by atoms with van der Waals surface area (Å²) in [5.74, 6) is -1.75. The number of rotatable bonds is 4. The van der Waals surface area contributed by atoms with Crippen molar-refractivity contribution < 1.29 is 17.2 Å². The highest BCUT2D eigenvalue weighted by Crippen LogP contribution is 2.20. The number of hydrogen-bond donors (Lipinski definition) is 2. The van der Waals surface area contributed by atoms with Gasteiger partial charge in [-0.15, -0.1) is 0 Å². The fraction of sp³-hybridized carbons (Fsp3) is 0.0769. The number of hydrogen-bond acceptors (Lipinski definition) is 3. The molecule has 0 atom stereocenters. The smallest absolute Gasteiger partial charge is 0.261 e. The Morgan fingerprint density at radius 2 is 1.65 bits per heavy atom. The molecule has 0 aromatic heterocycles. The lowest BCUT2D eigenvalue weighted by molar-refractivity contribution is 0.583. The molecule has 2 N–H and O–H groups in total. The molecule has 0 amide bonds. The zero-order chi connectivity index (χ0) is 14.8. The molecule has 0 bridgehead atoms. The number of benzene rings is 2. The van der Waals surface area contributed by atoms with Crippen LogP contribution in [0.4, 0.5) is 20.2 Å². The summed E-state index contributed by atoms with van der Waals surface area (Å²) in [6, 6.07) is 8.55. The average Bonchev–Trinajstić information content (AvgIpc) is 2.42. The van der Waals surface area contributed by atoms with Crippen LogP contribution < -0.4 is 10.0 Å². The molecule has 0 spiro atoms. The molecule has 2 aromatic rings. The maximum Gasteiger partial charge on any atom is 0.261 e. The van der Waals surface area contributed by atoms with Gasteiger partial charge in [-0.2, -0.15) is 0 Å². The zero-order valence-corrected chi connectivity index (χ0v) is 11.3. The number of anilines is 2. The van der Waals surface area contributed by atoms with Gasteiger partial charge in [-0.1, -0.05) is 0 Å². The van der Waals surface area contributed by atoms with Crippen LogP contribution in [0.15, 0.2) is 47.4 Å². The number of sulfonamides is 1. The lowest BCUT2D eigenvalue weighted by atomic mass is 10.3. The summed E-state index contributed by atoms with van der Waals surface area (Å²) in [6.45, 7) is 0. The van der Waals surface area contributed by atoms with Crippen LogP contribution in [0.25, 0.3) is 0 Å². The summed E-state index contributed by atoms with van der Waals surface area (Å²) in [6.07, 6.45) is 0. The van der Waals surface area contributed by atoms with Crippen LogP contribution in [-0.4, -0.2) is 15.5 Å². The van der Waals surface area contributed by atoms with E-state index in [0.29, 0.717) is 6.07 Å². The minimum absolute atomic E-state index is 0.0137. The van der Waals surface area contributed by atoms with Gasteiger partial charge in [0.1, 0.15) is 11.6 Å². The SMILES string of the molecule is CNc1ccc(S(=O)(=O)Nc2ccc(F)cc2F)cc1. The van der Waals surface area contributed by atoms with Crippen molar-refractivity contribution in [3.63, 3.8) is 0 Å². The molecule has 0 aliphatic heterocycles. The molecule has 4 nitrogen and oxygen atoms in total. The quantitative estimate of drug-likeness (QED) is 0.912. The van der Waals surface area contributed by atoms with E-state index >= 15 is 0 Å². The first-order valence-corrected chi connectivity index (χ1v) is 7.16. The van der Waals surface area contributed by atoms with E-state index in [9.17, 15) is 17.2 Å². The summed E-state index contributed by atoms with van der Waals surface area (Å²) < 4.78 is 52.4. The summed E-state index contributed by atoms with van der Waals surface area (Å²) in [7, 11) is -2.21. The Hall–Kier alpha value is -2.15. The Morgan fingerprint density at radius 3 is 2.20 bits per heavy atom. The molecule has 106 valence electrons.